The summed E-state index contributed by atoms with van der Waals surface area (Å²) in [6.07, 6.45) is 5.15. The SMILES string of the molecule is [CH]=C/C=C/C(=C)c1ccccc1. The first-order chi connectivity index (χ1) is 5.84. The Morgan fingerprint density at radius 2 is 1.92 bits per heavy atom. The van der Waals surface area contributed by atoms with E-state index >= 15 is 0 Å². The van der Waals surface area contributed by atoms with Crippen molar-refractivity contribution in [3.8, 4) is 0 Å². The molecule has 0 aromatic heterocycles. The molecule has 12 heavy (non-hydrogen) atoms. The van der Waals surface area contributed by atoms with E-state index in [9.17, 15) is 0 Å². The fourth-order valence-corrected chi connectivity index (χ4v) is 0.920. The van der Waals surface area contributed by atoms with Crippen LogP contribution in [0.1, 0.15) is 5.56 Å². The second kappa shape index (κ2) is 4.35. The van der Waals surface area contributed by atoms with Gasteiger partial charge < -0.3 is 0 Å². The molecule has 0 spiro atoms. The highest BCUT2D eigenvalue weighted by Crippen LogP contribution is 2.12. The Labute approximate surface area is 73.6 Å². The lowest BCUT2D eigenvalue weighted by molar-refractivity contribution is 1.63. The molecule has 0 saturated carbocycles. The molecule has 0 heterocycles. The number of benzene rings is 1. The highest BCUT2D eigenvalue weighted by Gasteiger charge is 1.90. The summed E-state index contributed by atoms with van der Waals surface area (Å²) in [6.45, 7) is 9.10. The van der Waals surface area contributed by atoms with Crippen LogP contribution in [0, 0.1) is 6.58 Å². The van der Waals surface area contributed by atoms with Crippen molar-refractivity contribution in [2.24, 2.45) is 0 Å². The van der Waals surface area contributed by atoms with E-state index < -0.39 is 0 Å². The van der Waals surface area contributed by atoms with Gasteiger partial charge in [-0.15, -0.1) is 0 Å². The summed E-state index contributed by atoms with van der Waals surface area (Å²) in [5.74, 6) is 0. The highest BCUT2D eigenvalue weighted by molar-refractivity contribution is 5.71. The standard InChI is InChI=1S/C12H11/c1-3-4-8-11(2)12-9-6-5-7-10-12/h1,3-10H,2H2/b3-1?,8-4+. The van der Waals surface area contributed by atoms with Gasteiger partial charge in [0.25, 0.3) is 0 Å². The van der Waals surface area contributed by atoms with Gasteiger partial charge in [-0.2, -0.15) is 0 Å². The lowest BCUT2D eigenvalue weighted by Crippen LogP contribution is -1.75. The van der Waals surface area contributed by atoms with Crippen LogP contribution in [0.25, 0.3) is 5.57 Å². The molecule has 1 rings (SSSR count). The monoisotopic (exact) mass is 155 g/mol. The molecule has 1 radical (unpaired) electrons. The highest BCUT2D eigenvalue weighted by atomic mass is 13.9. The lowest BCUT2D eigenvalue weighted by atomic mass is 10.1. The summed E-state index contributed by atoms with van der Waals surface area (Å²) in [6, 6.07) is 9.99. The minimum atomic E-state index is 0.970. The summed E-state index contributed by atoms with van der Waals surface area (Å²) in [4.78, 5) is 0. The fraction of sp³-hybridized carbons (Fsp3) is 0. The Kier molecular flexibility index (Phi) is 3.09. The van der Waals surface area contributed by atoms with E-state index in [-0.39, 0.29) is 0 Å². The quantitative estimate of drug-likeness (QED) is 0.588. The second-order valence-corrected chi connectivity index (χ2v) is 2.44. The third kappa shape index (κ3) is 2.24. The van der Waals surface area contributed by atoms with Crippen molar-refractivity contribution in [2.45, 2.75) is 0 Å². The predicted octanol–water partition coefficient (Wildman–Crippen LogP) is 3.25. The van der Waals surface area contributed by atoms with Crippen molar-refractivity contribution in [3.05, 3.63) is 67.3 Å². The van der Waals surface area contributed by atoms with Crippen molar-refractivity contribution in [3.63, 3.8) is 0 Å². The normalized spacial score (nSPS) is 10.0. The maximum absolute atomic E-state index is 5.20. The molecule has 0 heteroatoms. The summed E-state index contributed by atoms with van der Waals surface area (Å²) in [5, 5.41) is 0. The molecular formula is C12H11. The van der Waals surface area contributed by atoms with Gasteiger partial charge in [0.15, 0.2) is 0 Å². The zero-order valence-corrected chi connectivity index (χ0v) is 6.90. The van der Waals surface area contributed by atoms with Crippen LogP contribution in [0.5, 0.6) is 0 Å². The van der Waals surface area contributed by atoms with E-state index in [1.807, 2.05) is 36.4 Å². The van der Waals surface area contributed by atoms with E-state index in [0.29, 0.717) is 0 Å². The Hall–Kier alpha value is -1.56. The molecule has 0 N–H and O–H groups in total. The minimum Gasteiger partial charge on any atom is -0.0912 e. The van der Waals surface area contributed by atoms with Crippen molar-refractivity contribution in [1.29, 1.82) is 0 Å². The molecule has 0 saturated heterocycles. The molecule has 0 nitrogen and oxygen atoms in total. The maximum Gasteiger partial charge on any atom is -0.0190 e. The Morgan fingerprint density at radius 3 is 2.50 bits per heavy atom. The number of rotatable bonds is 3. The Bertz CT molecular complexity index is 291. The van der Waals surface area contributed by atoms with Crippen molar-refractivity contribution < 1.29 is 0 Å². The van der Waals surface area contributed by atoms with E-state index in [2.05, 4.69) is 6.58 Å². The third-order valence-corrected chi connectivity index (χ3v) is 1.55. The van der Waals surface area contributed by atoms with Crippen LogP contribution >= 0.6 is 0 Å². The first-order valence-corrected chi connectivity index (χ1v) is 3.80. The van der Waals surface area contributed by atoms with Crippen molar-refractivity contribution in [2.75, 3.05) is 0 Å². The predicted molar refractivity (Wildman–Crippen MR) is 53.5 cm³/mol. The molecule has 0 unspecified atom stereocenters. The van der Waals surface area contributed by atoms with Crippen LogP contribution in [-0.2, 0) is 0 Å². The lowest BCUT2D eigenvalue weighted by Gasteiger charge is -1.97. The van der Waals surface area contributed by atoms with Gasteiger partial charge in [0.2, 0.25) is 0 Å². The van der Waals surface area contributed by atoms with Crippen LogP contribution in [0.15, 0.2) is 55.1 Å². The zero-order chi connectivity index (χ0) is 8.81. The first kappa shape index (κ1) is 8.54. The summed E-state index contributed by atoms with van der Waals surface area (Å²) < 4.78 is 0. The van der Waals surface area contributed by atoms with E-state index in [1.54, 1.807) is 6.08 Å². The van der Waals surface area contributed by atoms with E-state index in [4.69, 9.17) is 6.58 Å². The van der Waals surface area contributed by atoms with Gasteiger partial charge >= 0.3 is 0 Å². The van der Waals surface area contributed by atoms with Crippen LogP contribution in [0.2, 0.25) is 0 Å². The largest absolute Gasteiger partial charge is 0.0912 e. The van der Waals surface area contributed by atoms with Crippen LogP contribution in [0.3, 0.4) is 0 Å². The molecule has 1 aromatic carbocycles. The minimum absolute atomic E-state index is 0.970. The molecule has 59 valence electrons. The van der Waals surface area contributed by atoms with E-state index in [0.717, 1.165) is 11.1 Å². The topological polar surface area (TPSA) is 0 Å². The Balaban J connectivity index is 2.79. The number of hydrogen-bond acceptors (Lipinski definition) is 0. The first-order valence-electron chi connectivity index (χ1n) is 3.80. The smallest absolute Gasteiger partial charge is 0.0190 e. The number of allylic oxidation sites excluding steroid dienone is 4. The second-order valence-electron chi connectivity index (χ2n) is 2.44. The molecule has 0 aliphatic rings. The molecule has 1 aromatic rings. The summed E-state index contributed by atoms with van der Waals surface area (Å²) >= 11 is 0. The molecule has 0 fully saturated rings. The average Bonchev–Trinajstić information content (AvgIpc) is 2.15. The van der Waals surface area contributed by atoms with Crippen LogP contribution in [0.4, 0.5) is 0 Å². The van der Waals surface area contributed by atoms with Gasteiger partial charge in [-0.3, -0.25) is 0 Å². The summed E-state index contributed by atoms with van der Waals surface area (Å²) in [7, 11) is 0. The van der Waals surface area contributed by atoms with Gasteiger partial charge in [0.1, 0.15) is 0 Å². The Morgan fingerprint density at radius 1 is 1.25 bits per heavy atom. The van der Waals surface area contributed by atoms with Crippen molar-refractivity contribution in [1.82, 2.24) is 0 Å². The fourth-order valence-electron chi connectivity index (χ4n) is 0.920. The van der Waals surface area contributed by atoms with Crippen molar-refractivity contribution >= 4 is 5.57 Å². The molecule has 0 aliphatic carbocycles. The van der Waals surface area contributed by atoms with Gasteiger partial charge in [-0.1, -0.05) is 61.7 Å². The average molecular weight is 155 g/mol. The number of hydrogen-bond donors (Lipinski definition) is 0. The molecule has 0 bridgehead atoms. The summed E-state index contributed by atoms with van der Waals surface area (Å²) in [5.41, 5.74) is 2.09. The third-order valence-electron chi connectivity index (χ3n) is 1.55. The molecule has 0 amide bonds. The van der Waals surface area contributed by atoms with Gasteiger partial charge in [0.05, 0.1) is 0 Å². The molecule has 0 aliphatic heterocycles. The molecule has 0 atom stereocenters. The zero-order valence-electron chi connectivity index (χ0n) is 6.90. The van der Waals surface area contributed by atoms with Crippen LogP contribution in [-0.4, -0.2) is 0 Å². The van der Waals surface area contributed by atoms with Gasteiger partial charge in [-0.05, 0) is 11.1 Å². The maximum atomic E-state index is 5.20. The van der Waals surface area contributed by atoms with Gasteiger partial charge in [0, 0.05) is 0 Å². The molecular weight excluding hydrogens is 144 g/mol. The van der Waals surface area contributed by atoms with Gasteiger partial charge in [-0.25, -0.2) is 0 Å². The van der Waals surface area contributed by atoms with E-state index in [1.165, 1.54) is 6.08 Å². The van der Waals surface area contributed by atoms with Crippen LogP contribution < -0.4 is 0 Å².